The Labute approximate surface area is 111 Å². The van der Waals surface area contributed by atoms with Crippen molar-refractivity contribution in [2.75, 3.05) is 17.2 Å². The van der Waals surface area contributed by atoms with Crippen LogP contribution in [0.3, 0.4) is 0 Å². The standard InChI is InChI=1S/C16H26N2/c1-3-11-18(15-9-7-14(17)8-10-15)16-6-4-5-13(2)12-16/h7-10,13,16H,3-6,11-12,17H2,1-2H3. The summed E-state index contributed by atoms with van der Waals surface area (Å²) in [4.78, 5) is 2.59. The molecule has 0 spiro atoms. The number of hydrogen-bond donors (Lipinski definition) is 1. The minimum absolute atomic E-state index is 0.720. The Morgan fingerprint density at radius 2 is 1.94 bits per heavy atom. The van der Waals surface area contributed by atoms with E-state index in [4.69, 9.17) is 5.73 Å². The lowest BCUT2D eigenvalue weighted by Crippen LogP contribution is -2.39. The molecule has 0 aliphatic heterocycles. The van der Waals surface area contributed by atoms with Crippen LogP contribution in [0.5, 0.6) is 0 Å². The maximum Gasteiger partial charge on any atom is 0.0370 e. The van der Waals surface area contributed by atoms with E-state index in [2.05, 4.69) is 30.9 Å². The molecular weight excluding hydrogens is 220 g/mol. The van der Waals surface area contributed by atoms with E-state index in [1.807, 2.05) is 12.1 Å². The number of hydrogen-bond acceptors (Lipinski definition) is 2. The van der Waals surface area contributed by atoms with E-state index >= 15 is 0 Å². The molecule has 2 N–H and O–H groups in total. The van der Waals surface area contributed by atoms with Gasteiger partial charge in [-0.15, -0.1) is 0 Å². The van der Waals surface area contributed by atoms with Crippen LogP contribution in [0, 0.1) is 5.92 Å². The van der Waals surface area contributed by atoms with Gasteiger partial charge < -0.3 is 10.6 Å². The Bertz CT molecular complexity index is 358. The smallest absolute Gasteiger partial charge is 0.0370 e. The molecule has 100 valence electrons. The molecule has 1 aliphatic carbocycles. The molecule has 1 aromatic carbocycles. The van der Waals surface area contributed by atoms with Crippen LogP contribution in [0.2, 0.25) is 0 Å². The Morgan fingerprint density at radius 3 is 2.56 bits per heavy atom. The molecule has 0 aromatic heterocycles. The zero-order valence-corrected chi connectivity index (χ0v) is 11.7. The van der Waals surface area contributed by atoms with Crippen LogP contribution in [0.25, 0.3) is 0 Å². The van der Waals surface area contributed by atoms with E-state index in [1.165, 1.54) is 37.8 Å². The van der Waals surface area contributed by atoms with E-state index in [0.29, 0.717) is 0 Å². The summed E-state index contributed by atoms with van der Waals surface area (Å²) in [7, 11) is 0. The van der Waals surface area contributed by atoms with Crippen molar-refractivity contribution in [1.82, 2.24) is 0 Å². The van der Waals surface area contributed by atoms with Crippen molar-refractivity contribution >= 4 is 11.4 Å². The Balaban J connectivity index is 2.13. The molecule has 2 rings (SSSR count). The number of benzene rings is 1. The van der Waals surface area contributed by atoms with Crippen LogP contribution in [-0.2, 0) is 0 Å². The largest absolute Gasteiger partial charge is 0.399 e. The second-order valence-electron chi connectivity index (χ2n) is 5.71. The molecule has 0 heterocycles. The Kier molecular flexibility index (Phi) is 4.51. The fraction of sp³-hybridized carbons (Fsp3) is 0.625. The van der Waals surface area contributed by atoms with Gasteiger partial charge in [0, 0.05) is 24.0 Å². The predicted molar refractivity (Wildman–Crippen MR) is 79.9 cm³/mol. The summed E-state index contributed by atoms with van der Waals surface area (Å²) in [5.74, 6) is 0.872. The maximum absolute atomic E-state index is 5.78. The maximum atomic E-state index is 5.78. The molecule has 1 aromatic rings. The highest BCUT2D eigenvalue weighted by molar-refractivity contribution is 5.53. The van der Waals surface area contributed by atoms with Gasteiger partial charge in [-0.3, -0.25) is 0 Å². The first-order valence-corrected chi connectivity index (χ1v) is 7.33. The minimum Gasteiger partial charge on any atom is -0.399 e. The second-order valence-corrected chi connectivity index (χ2v) is 5.71. The highest BCUT2D eigenvalue weighted by atomic mass is 15.2. The molecule has 0 bridgehead atoms. The van der Waals surface area contributed by atoms with Crippen LogP contribution in [0.1, 0.15) is 46.0 Å². The van der Waals surface area contributed by atoms with Gasteiger partial charge in [0.15, 0.2) is 0 Å². The van der Waals surface area contributed by atoms with Crippen molar-refractivity contribution in [3.63, 3.8) is 0 Å². The summed E-state index contributed by atoms with van der Waals surface area (Å²) in [5, 5.41) is 0. The number of rotatable bonds is 4. The molecule has 0 amide bonds. The minimum atomic E-state index is 0.720. The molecule has 2 atom stereocenters. The van der Waals surface area contributed by atoms with E-state index in [9.17, 15) is 0 Å². The molecule has 1 fully saturated rings. The van der Waals surface area contributed by atoms with Gasteiger partial charge in [0.05, 0.1) is 0 Å². The molecule has 0 saturated heterocycles. The first-order chi connectivity index (χ1) is 8.70. The third kappa shape index (κ3) is 3.18. The predicted octanol–water partition coefficient (Wildman–Crippen LogP) is 4.06. The number of nitrogen functional groups attached to an aromatic ring is 1. The van der Waals surface area contributed by atoms with Crippen molar-refractivity contribution in [1.29, 1.82) is 0 Å². The van der Waals surface area contributed by atoms with Gasteiger partial charge >= 0.3 is 0 Å². The van der Waals surface area contributed by atoms with E-state index in [-0.39, 0.29) is 0 Å². The van der Waals surface area contributed by atoms with Crippen LogP contribution < -0.4 is 10.6 Å². The molecule has 18 heavy (non-hydrogen) atoms. The molecule has 2 unspecified atom stereocenters. The average Bonchev–Trinajstić information content (AvgIpc) is 2.37. The fourth-order valence-electron chi connectivity index (χ4n) is 3.11. The van der Waals surface area contributed by atoms with Crippen molar-refractivity contribution in [2.45, 2.75) is 52.0 Å². The number of nitrogens with zero attached hydrogens (tertiary/aromatic N) is 1. The summed E-state index contributed by atoms with van der Waals surface area (Å²) >= 11 is 0. The summed E-state index contributed by atoms with van der Waals surface area (Å²) in [6.45, 7) is 5.80. The second kappa shape index (κ2) is 6.12. The zero-order valence-electron chi connectivity index (χ0n) is 11.7. The lowest BCUT2D eigenvalue weighted by atomic mass is 9.86. The van der Waals surface area contributed by atoms with E-state index in [0.717, 1.165) is 24.2 Å². The van der Waals surface area contributed by atoms with Gasteiger partial charge in [0.2, 0.25) is 0 Å². The zero-order chi connectivity index (χ0) is 13.0. The third-order valence-corrected chi connectivity index (χ3v) is 4.04. The van der Waals surface area contributed by atoms with Crippen LogP contribution in [-0.4, -0.2) is 12.6 Å². The molecule has 2 nitrogen and oxygen atoms in total. The monoisotopic (exact) mass is 246 g/mol. The van der Waals surface area contributed by atoms with Crippen molar-refractivity contribution in [2.24, 2.45) is 5.92 Å². The molecule has 2 heteroatoms. The Hall–Kier alpha value is -1.18. The van der Waals surface area contributed by atoms with Gasteiger partial charge in [0.1, 0.15) is 0 Å². The SMILES string of the molecule is CCCN(c1ccc(N)cc1)C1CCCC(C)C1. The topological polar surface area (TPSA) is 29.3 Å². The summed E-state index contributed by atoms with van der Waals surface area (Å²) < 4.78 is 0. The van der Waals surface area contributed by atoms with Gasteiger partial charge in [-0.05, 0) is 49.4 Å². The lowest BCUT2D eigenvalue weighted by Gasteiger charge is -2.38. The summed E-state index contributed by atoms with van der Waals surface area (Å²) in [6.07, 6.45) is 6.66. The van der Waals surface area contributed by atoms with E-state index < -0.39 is 0 Å². The quantitative estimate of drug-likeness (QED) is 0.812. The Morgan fingerprint density at radius 1 is 1.22 bits per heavy atom. The highest BCUT2D eigenvalue weighted by Gasteiger charge is 2.24. The summed E-state index contributed by atoms with van der Waals surface area (Å²) in [5.41, 5.74) is 7.97. The summed E-state index contributed by atoms with van der Waals surface area (Å²) in [6, 6.07) is 9.10. The average molecular weight is 246 g/mol. The van der Waals surface area contributed by atoms with E-state index in [1.54, 1.807) is 0 Å². The fourth-order valence-corrected chi connectivity index (χ4v) is 3.11. The van der Waals surface area contributed by atoms with Crippen LogP contribution in [0.15, 0.2) is 24.3 Å². The van der Waals surface area contributed by atoms with Crippen molar-refractivity contribution in [3.8, 4) is 0 Å². The van der Waals surface area contributed by atoms with Crippen molar-refractivity contribution in [3.05, 3.63) is 24.3 Å². The first-order valence-electron chi connectivity index (χ1n) is 7.33. The third-order valence-electron chi connectivity index (χ3n) is 4.04. The van der Waals surface area contributed by atoms with Crippen molar-refractivity contribution < 1.29 is 0 Å². The molecule has 1 saturated carbocycles. The normalized spacial score (nSPS) is 23.9. The molecule has 0 radical (unpaired) electrons. The van der Waals surface area contributed by atoms with Gasteiger partial charge in [-0.25, -0.2) is 0 Å². The molecule has 1 aliphatic rings. The number of anilines is 2. The number of nitrogens with two attached hydrogens (primary N) is 1. The highest BCUT2D eigenvalue weighted by Crippen LogP contribution is 2.31. The first kappa shape index (κ1) is 13.3. The van der Waals surface area contributed by atoms with Gasteiger partial charge in [-0.1, -0.05) is 26.7 Å². The van der Waals surface area contributed by atoms with Gasteiger partial charge in [0.25, 0.3) is 0 Å². The molecular formula is C16H26N2. The van der Waals surface area contributed by atoms with Crippen LogP contribution in [0.4, 0.5) is 11.4 Å². The van der Waals surface area contributed by atoms with Gasteiger partial charge in [-0.2, -0.15) is 0 Å². The van der Waals surface area contributed by atoms with Crippen LogP contribution >= 0.6 is 0 Å². The lowest BCUT2D eigenvalue weighted by molar-refractivity contribution is 0.329.